The van der Waals surface area contributed by atoms with E-state index in [4.69, 9.17) is 17.4 Å². The number of carbonyl (C=O) groups excluding carboxylic acids is 2. The molecule has 2 amide bonds. The van der Waals surface area contributed by atoms with E-state index < -0.39 is 0 Å². The highest BCUT2D eigenvalue weighted by molar-refractivity contribution is 6.00. The summed E-state index contributed by atoms with van der Waals surface area (Å²) in [4.78, 5) is 24.1. The maximum Gasteiger partial charge on any atom is 0.251 e. The molecule has 9 nitrogen and oxygen atoms in total. The van der Waals surface area contributed by atoms with Crippen LogP contribution in [0.4, 0.5) is 0 Å². The smallest absolute Gasteiger partial charge is 0.251 e. The Morgan fingerprint density at radius 1 is 1.07 bits per heavy atom. The van der Waals surface area contributed by atoms with Gasteiger partial charge in [-0.25, -0.2) is 5.84 Å². The summed E-state index contributed by atoms with van der Waals surface area (Å²) in [5, 5.41) is 8.71. The number of nitrogens with one attached hydrogen (secondary N) is 3. The van der Waals surface area contributed by atoms with Gasteiger partial charge in [-0.05, 0) is 38.1 Å². The van der Waals surface area contributed by atoms with Gasteiger partial charge in [0.05, 0.1) is 6.54 Å². The van der Waals surface area contributed by atoms with Crippen LogP contribution in [-0.4, -0.2) is 24.2 Å². The third-order valence-corrected chi connectivity index (χ3v) is 3.48. The molecule has 1 rings (SSSR count). The summed E-state index contributed by atoms with van der Waals surface area (Å²) >= 11 is 0. The number of hydrogen-bond acceptors (Lipinski definition) is 6. The quantitative estimate of drug-likeness (QED) is 0.129. The summed E-state index contributed by atoms with van der Waals surface area (Å²) in [6.07, 6.45) is 6.81. The Morgan fingerprint density at radius 2 is 1.70 bits per heavy atom. The summed E-state index contributed by atoms with van der Waals surface area (Å²) in [6.45, 7) is 3.41. The van der Waals surface area contributed by atoms with Gasteiger partial charge in [-0.3, -0.25) is 9.59 Å². The first-order valence-corrected chi connectivity index (χ1v) is 8.14. The van der Waals surface area contributed by atoms with Crippen molar-refractivity contribution in [1.29, 1.82) is 0 Å². The molecule has 144 valence electrons. The predicted molar refractivity (Wildman–Crippen MR) is 106 cm³/mol. The number of nitrogens with zero attached hydrogens (tertiary/aromatic N) is 1. The second-order valence-electron chi connectivity index (χ2n) is 5.30. The largest absolute Gasteiger partial charge is 0.399 e. The Labute approximate surface area is 158 Å². The third-order valence-electron chi connectivity index (χ3n) is 3.48. The van der Waals surface area contributed by atoms with Crippen LogP contribution >= 0.6 is 0 Å². The van der Waals surface area contributed by atoms with Crippen molar-refractivity contribution in [3.05, 3.63) is 71.1 Å². The summed E-state index contributed by atoms with van der Waals surface area (Å²) in [6, 6.07) is 6.42. The molecule has 9 N–H and O–H groups in total. The molecule has 1 aromatic rings. The number of allylic oxidation sites excluding steroid dienone is 4. The van der Waals surface area contributed by atoms with E-state index >= 15 is 0 Å². The Bertz CT molecular complexity index is 777. The molecule has 27 heavy (non-hydrogen) atoms. The number of hydrazone groups is 1. The van der Waals surface area contributed by atoms with Crippen LogP contribution in [0.25, 0.3) is 0 Å². The molecular weight excluding hydrogens is 346 g/mol. The highest BCUT2D eigenvalue weighted by atomic mass is 16.2. The number of amides is 2. The van der Waals surface area contributed by atoms with E-state index in [-0.39, 0.29) is 24.2 Å². The molecule has 0 saturated carbocycles. The van der Waals surface area contributed by atoms with Gasteiger partial charge in [-0.1, -0.05) is 24.3 Å². The van der Waals surface area contributed by atoms with Crippen LogP contribution in [-0.2, 0) is 4.79 Å². The Kier molecular flexibility index (Phi) is 8.83. The lowest BCUT2D eigenvalue weighted by atomic mass is 10.1. The predicted octanol–water partition coefficient (Wildman–Crippen LogP) is -0.0613. The number of nitrogens with two attached hydrogens (primary N) is 3. The normalized spacial score (nSPS) is 12.8. The van der Waals surface area contributed by atoms with Crippen LogP contribution in [0, 0.1) is 0 Å². The molecule has 0 unspecified atom stereocenters. The maximum absolute atomic E-state index is 12.1. The Hall–Kier alpha value is -3.59. The topological polar surface area (TPSA) is 161 Å². The van der Waals surface area contributed by atoms with Crippen LogP contribution in [0.2, 0.25) is 0 Å². The zero-order valence-corrected chi connectivity index (χ0v) is 15.3. The zero-order chi connectivity index (χ0) is 20.2. The van der Waals surface area contributed by atoms with Crippen molar-refractivity contribution < 1.29 is 9.59 Å². The summed E-state index contributed by atoms with van der Waals surface area (Å²) in [7, 11) is 0. The fraction of sp³-hybridized carbons (Fsp3) is 0.167. The van der Waals surface area contributed by atoms with E-state index in [0.717, 1.165) is 0 Å². The van der Waals surface area contributed by atoms with Gasteiger partial charge in [0, 0.05) is 22.5 Å². The van der Waals surface area contributed by atoms with Crippen molar-refractivity contribution in [2.45, 2.75) is 13.8 Å². The van der Waals surface area contributed by atoms with Crippen molar-refractivity contribution in [3.8, 4) is 0 Å². The molecule has 0 atom stereocenters. The third kappa shape index (κ3) is 7.04. The lowest BCUT2D eigenvalue weighted by molar-refractivity contribution is -0.119. The summed E-state index contributed by atoms with van der Waals surface area (Å²) < 4.78 is 0. The van der Waals surface area contributed by atoms with Gasteiger partial charge in [0.2, 0.25) is 5.91 Å². The van der Waals surface area contributed by atoms with Gasteiger partial charge >= 0.3 is 0 Å². The molecule has 1 aromatic carbocycles. The van der Waals surface area contributed by atoms with Crippen molar-refractivity contribution in [3.63, 3.8) is 0 Å². The van der Waals surface area contributed by atoms with Gasteiger partial charge in [-0.2, -0.15) is 5.10 Å². The lowest BCUT2D eigenvalue weighted by Crippen LogP contribution is -2.36. The van der Waals surface area contributed by atoms with Crippen LogP contribution in [0.1, 0.15) is 29.8 Å². The minimum Gasteiger partial charge on any atom is -0.399 e. The number of carbonyl (C=O) groups is 2. The summed E-state index contributed by atoms with van der Waals surface area (Å²) in [5.74, 6) is 10.0. The van der Waals surface area contributed by atoms with E-state index in [1.807, 2.05) is 6.92 Å². The number of amidine groups is 1. The van der Waals surface area contributed by atoms with E-state index in [2.05, 4.69) is 21.2 Å². The molecule has 0 spiro atoms. The van der Waals surface area contributed by atoms with Crippen LogP contribution in [0.5, 0.6) is 0 Å². The Balaban J connectivity index is 2.61. The molecule has 0 fully saturated rings. The number of rotatable bonds is 7. The van der Waals surface area contributed by atoms with E-state index in [9.17, 15) is 9.59 Å². The molecule has 0 aliphatic carbocycles. The first kappa shape index (κ1) is 21.5. The highest BCUT2D eigenvalue weighted by Gasteiger charge is 2.09. The molecule has 0 bridgehead atoms. The standard InChI is InChI=1S/C18H25N7O2/c1-3-14(19)9-10-15(4-2)23-16(26)11-22-18(27)13-7-5-12(6-8-13)17(24-20)25-21/h3-10H,11,19-21H2,1-2H3,(H,22,27)(H,23,26)(H,24,25)/b10-9-,14-3+,15-4+. The summed E-state index contributed by atoms with van der Waals surface area (Å²) in [5.41, 5.74) is 10.2. The van der Waals surface area contributed by atoms with Gasteiger partial charge < -0.3 is 27.6 Å². The number of benzene rings is 1. The number of hydrazine groups is 1. The second-order valence-corrected chi connectivity index (χ2v) is 5.30. The molecule has 0 aromatic heterocycles. The molecule has 0 heterocycles. The van der Waals surface area contributed by atoms with Gasteiger partial charge in [0.15, 0.2) is 5.84 Å². The first-order chi connectivity index (χ1) is 12.9. The first-order valence-electron chi connectivity index (χ1n) is 8.14. The monoisotopic (exact) mass is 371 g/mol. The van der Waals surface area contributed by atoms with Crippen LogP contribution in [0.15, 0.2) is 65.1 Å². The average Bonchev–Trinajstić information content (AvgIpc) is 2.70. The molecule has 0 aliphatic heterocycles. The molecule has 9 heteroatoms. The highest BCUT2D eigenvalue weighted by Crippen LogP contribution is 2.04. The van der Waals surface area contributed by atoms with Crippen molar-refractivity contribution in [2.24, 2.45) is 22.5 Å². The minimum absolute atomic E-state index is 0.176. The van der Waals surface area contributed by atoms with Gasteiger partial charge in [0.25, 0.3) is 5.91 Å². The van der Waals surface area contributed by atoms with Crippen LogP contribution in [0.3, 0.4) is 0 Å². The number of hydrogen-bond donors (Lipinski definition) is 6. The average molecular weight is 371 g/mol. The van der Waals surface area contributed by atoms with E-state index in [0.29, 0.717) is 22.5 Å². The SMILES string of the molecule is C\C=C(N)/C=C\C(=C/C)NC(=O)CNC(=O)c1ccc(/C(=N/N)NN)cc1. The molecule has 0 saturated heterocycles. The molecule has 0 aliphatic rings. The van der Waals surface area contributed by atoms with Crippen LogP contribution < -0.4 is 33.5 Å². The minimum atomic E-state index is -0.389. The second kappa shape index (κ2) is 11.1. The van der Waals surface area contributed by atoms with E-state index in [1.54, 1.807) is 55.5 Å². The Morgan fingerprint density at radius 3 is 2.22 bits per heavy atom. The van der Waals surface area contributed by atoms with Crippen molar-refractivity contribution >= 4 is 17.6 Å². The van der Waals surface area contributed by atoms with Gasteiger partial charge in [-0.15, -0.1) is 0 Å². The lowest BCUT2D eigenvalue weighted by Gasteiger charge is -2.08. The fourth-order valence-corrected chi connectivity index (χ4v) is 1.93. The molecular formula is C18H25N7O2. The van der Waals surface area contributed by atoms with Crippen molar-refractivity contribution in [1.82, 2.24) is 16.1 Å². The van der Waals surface area contributed by atoms with E-state index in [1.165, 1.54) is 0 Å². The maximum atomic E-state index is 12.1. The zero-order valence-electron chi connectivity index (χ0n) is 15.3. The molecule has 0 radical (unpaired) electrons. The van der Waals surface area contributed by atoms with Crippen molar-refractivity contribution in [2.75, 3.05) is 6.54 Å². The van der Waals surface area contributed by atoms with Gasteiger partial charge in [0.1, 0.15) is 0 Å². The fourth-order valence-electron chi connectivity index (χ4n) is 1.93.